The van der Waals surface area contributed by atoms with E-state index in [-0.39, 0.29) is 0 Å². The molecule has 0 bridgehead atoms. The molecule has 0 rings (SSSR count). The van der Waals surface area contributed by atoms with E-state index in [2.05, 4.69) is 0 Å². The highest BCUT2D eigenvalue weighted by Gasteiger charge is 2.37. The lowest BCUT2D eigenvalue weighted by Crippen LogP contribution is -2.38. The Hall–Kier alpha value is -1.56. The van der Waals surface area contributed by atoms with Gasteiger partial charge < -0.3 is 40.9 Å². The van der Waals surface area contributed by atoms with Gasteiger partial charge in [-0.3, -0.25) is 0 Å². The highest BCUT2D eigenvalue weighted by Crippen LogP contribution is 2.32. The molecular weight excluding hydrogens is 328 g/mol. The van der Waals surface area contributed by atoms with Crippen molar-refractivity contribution >= 4 is 11.9 Å². The highest BCUT2D eigenvalue weighted by molar-refractivity contribution is 5.99. The maximum atomic E-state index is 11.5. The second-order valence-corrected chi connectivity index (χ2v) is 5.87. The third-order valence-corrected chi connectivity index (χ3v) is 4.00. The van der Waals surface area contributed by atoms with E-state index in [0.29, 0.717) is 0 Å². The minimum Gasteiger partial charge on any atom is -0.478 e. The Labute approximate surface area is 137 Å². The minimum atomic E-state index is -1.66. The van der Waals surface area contributed by atoms with Crippen molar-refractivity contribution in [1.29, 1.82) is 0 Å². The second-order valence-electron chi connectivity index (χ2n) is 5.87. The Morgan fingerprint density at radius 2 is 0.750 bits per heavy atom. The van der Waals surface area contributed by atoms with Crippen LogP contribution >= 0.6 is 0 Å². The van der Waals surface area contributed by atoms with Crippen molar-refractivity contribution in [2.45, 2.75) is 12.8 Å². The molecule has 140 valence electrons. The molecule has 0 heterocycles. The fraction of sp³-hybridized carbons (Fsp3) is 0.714. The van der Waals surface area contributed by atoms with Gasteiger partial charge in [0.25, 0.3) is 0 Å². The molecule has 0 unspecified atom stereocenters. The average molecular weight is 352 g/mol. The van der Waals surface area contributed by atoms with E-state index >= 15 is 0 Å². The number of aliphatic carboxylic acids is 2. The first-order valence-corrected chi connectivity index (χ1v) is 7.04. The zero-order chi connectivity index (χ0) is 19.0. The summed E-state index contributed by atoms with van der Waals surface area (Å²) in [6.45, 7) is -4.78. The number of carboxylic acid groups (broad SMARTS) is 2. The van der Waals surface area contributed by atoms with Crippen molar-refractivity contribution < 1.29 is 50.4 Å². The molecule has 0 saturated carbocycles. The molecule has 0 saturated heterocycles. The van der Waals surface area contributed by atoms with Crippen LogP contribution in [-0.4, -0.2) is 92.4 Å². The molecule has 10 nitrogen and oxygen atoms in total. The largest absolute Gasteiger partial charge is 0.478 e. The molecule has 0 aliphatic rings. The Morgan fingerprint density at radius 3 is 0.875 bits per heavy atom. The number of aliphatic hydroxyl groups excluding tert-OH is 6. The van der Waals surface area contributed by atoms with Crippen LogP contribution in [0.15, 0.2) is 11.1 Å². The van der Waals surface area contributed by atoms with Crippen molar-refractivity contribution in [3.05, 3.63) is 11.1 Å². The maximum absolute atomic E-state index is 11.5. The van der Waals surface area contributed by atoms with Crippen LogP contribution in [0.1, 0.15) is 12.8 Å². The van der Waals surface area contributed by atoms with E-state index in [9.17, 15) is 50.4 Å². The van der Waals surface area contributed by atoms with Gasteiger partial charge in [0, 0.05) is 22.0 Å². The summed E-state index contributed by atoms with van der Waals surface area (Å²) in [6.07, 6.45) is -1.32. The molecule has 0 amide bonds. The van der Waals surface area contributed by atoms with Crippen LogP contribution < -0.4 is 0 Å². The van der Waals surface area contributed by atoms with Crippen LogP contribution in [0.4, 0.5) is 0 Å². The summed E-state index contributed by atoms with van der Waals surface area (Å²) in [5.41, 5.74) is -4.73. The molecular formula is C14H24O10. The molecule has 0 aromatic heterocycles. The van der Waals surface area contributed by atoms with Crippen LogP contribution in [-0.2, 0) is 9.59 Å². The lowest BCUT2D eigenvalue weighted by Gasteiger charge is -2.31. The lowest BCUT2D eigenvalue weighted by atomic mass is 9.78. The molecule has 0 aromatic carbocycles. The summed E-state index contributed by atoms with van der Waals surface area (Å²) in [5.74, 6) is -3.32. The number of carbonyl (C=O) groups is 2. The van der Waals surface area contributed by atoms with Gasteiger partial charge in [-0.1, -0.05) is 0 Å². The second kappa shape index (κ2) is 9.67. The molecule has 0 aliphatic carbocycles. The van der Waals surface area contributed by atoms with Gasteiger partial charge in [0.15, 0.2) is 0 Å². The van der Waals surface area contributed by atoms with Gasteiger partial charge in [-0.25, -0.2) is 9.59 Å². The third kappa shape index (κ3) is 5.23. The van der Waals surface area contributed by atoms with Crippen molar-refractivity contribution in [3.8, 4) is 0 Å². The lowest BCUT2D eigenvalue weighted by molar-refractivity contribution is -0.137. The van der Waals surface area contributed by atoms with Crippen LogP contribution in [0.3, 0.4) is 0 Å². The van der Waals surface area contributed by atoms with Gasteiger partial charge in [0.1, 0.15) is 0 Å². The van der Waals surface area contributed by atoms with Crippen molar-refractivity contribution in [3.63, 3.8) is 0 Å². The first kappa shape index (κ1) is 22.4. The van der Waals surface area contributed by atoms with Crippen molar-refractivity contribution in [1.82, 2.24) is 0 Å². The fourth-order valence-electron chi connectivity index (χ4n) is 2.01. The SMILES string of the molecule is O=C(O)C(CC(CO)(CO)CO)=C(CC(CO)(CO)CO)C(=O)O. The molecule has 10 heteroatoms. The van der Waals surface area contributed by atoms with Crippen LogP contribution in [0.5, 0.6) is 0 Å². The number of hydrogen-bond donors (Lipinski definition) is 8. The zero-order valence-corrected chi connectivity index (χ0v) is 13.1. The van der Waals surface area contributed by atoms with Crippen LogP contribution in [0.25, 0.3) is 0 Å². The first-order valence-electron chi connectivity index (χ1n) is 7.04. The van der Waals surface area contributed by atoms with E-state index in [1.165, 1.54) is 0 Å². The van der Waals surface area contributed by atoms with Crippen molar-refractivity contribution in [2.24, 2.45) is 10.8 Å². The van der Waals surface area contributed by atoms with Crippen LogP contribution in [0, 0.1) is 10.8 Å². The Bertz CT molecular complexity index is 404. The summed E-state index contributed by atoms with van der Waals surface area (Å²) in [4.78, 5) is 22.9. The normalized spacial score (nSPS) is 13.6. The highest BCUT2D eigenvalue weighted by atomic mass is 16.4. The predicted molar refractivity (Wildman–Crippen MR) is 78.9 cm³/mol. The third-order valence-electron chi connectivity index (χ3n) is 4.00. The molecule has 0 spiro atoms. The van der Waals surface area contributed by atoms with E-state index in [1.54, 1.807) is 0 Å². The number of rotatable bonds is 12. The summed E-state index contributed by atoms with van der Waals surface area (Å²) in [6, 6.07) is 0. The summed E-state index contributed by atoms with van der Waals surface area (Å²) < 4.78 is 0. The topological polar surface area (TPSA) is 196 Å². The van der Waals surface area contributed by atoms with Crippen LogP contribution in [0.2, 0.25) is 0 Å². The molecule has 0 aromatic rings. The van der Waals surface area contributed by atoms with Gasteiger partial charge in [-0.2, -0.15) is 0 Å². The Morgan fingerprint density at radius 1 is 0.542 bits per heavy atom. The molecule has 0 radical (unpaired) electrons. The molecule has 0 aliphatic heterocycles. The van der Waals surface area contributed by atoms with E-state index < -0.39 is 86.4 Å². The number of hydrogen-bond acceptors (Lipinski definition) is 8. The summed E-state index contributed by atoms with van der Waals surface area (Å²) >= 11 is 0. The fourth-order valence-corrected chi connectivity index (χ4v) is 2.01. The minimum absolute atomic E-state index is 0.661. The van der Waals surface area contributed by atoms with Crippen molar-refractivity contribution in [2.75, 3.05) is 39.6 Å². The van der Waals surface area contributed by atoms with Gasteiger partial charge in [-0.05, 0) is 12.8 Å². The predicted octanol–water partition coefficient (Wildman–Crippen LogP) is -2.84. The summed E-state index contributed by atoms with van der Waals surface area (Å²) in [5, 5.41) is 74.4. The smallest absolute Gasteiger partial charge is 0.332 e. The van der Waals surface area contributed by atoms with Gasteiger partial charge >= 0.3 is 11.9 Å². The summed E-state index contributed by atoms with van der Waals surface area (Å²) in [7, 11) is 0. The molecule has 24 heavy (non-hydrogen) atoms. The number of carboxylic acids is 2. The standard InChI is InChI=1S/C14H24O10/c15-3-13(4-16,5-17)1-9(11(21)22)10(12(23)24)2-14(6-18,7-19)8-20/h15-20H,1-8H2,(H,21,22)(H,23,24). The molecule has 8 N–H and O–H groups in total. The molecule has 0 atom stereocenters. The zero-order valence-electron chi connectivity index (χ0n) is 13.1. The number of aliphatic hydroxyl groups is 6. The van der Waals surface area contributed by atoms with Gasteiger partial charge in [-0.15, -0.1) is 0 Å². The monoisotopic (exact) mass is 352 g/mol. The van der Waals surface area contributed by atoms with E-state index in [0.717, 1.165) is 0 Å². The maximum Gasteiger partial charge on any atom is 0.332 e. The first-order chi connectivity index (χ1) is 11.2. The van der Waals surface area contributed by atoms with Gasteiger partial charge in [0.05, 0.1) is 39.6 Å². The van der Waals surface area contributed by atoms with E-state index in [1.807, 2.05) is 0 Å². The van der Waals surface area contributed by atoms with Gasteiger partial charge in [0.2, 0.25) is 0 Å². The Kier molecular flexibility index (Phi) is 9.04. The van der Waals surface area contributed by atoms with E-state index in [4.69, 9.17) is 0 Å². The molecule has 0 fully saturated rings. The Balaban J connectivity index is 6.10. The average Bonchev–Trinajstić information content (AvgIpc) is 2.59. The quantitative estimate of drug-likeness (QED) is 0.169.